The Morgan fingerprint density at radius 1 is 1.15 bits per heavy atom. The maximum atomic E-state index is 11.8. The van der Waals surface area contributed by atoms with Crippen LogP contribution < -0.4 is 5.32 Å². The van der Waals surface area contributed by atoms with Crippen LogP contribution >= 0.6 is 0 Å². The van der Waals surface area contributed by atoms with Crippen molar-refractivity contribution < 1.29 is 8.42 Å². The Labute approximate surface area is 121 Å². The predicted octanol–water partition coefficient (Wildman–Crippen LogP) is 1.34. The second-order valence-corrected chi connectivity index (χ2v) is 8.03. The van der Waals surface area contributed by atoms with Gasteiger partial charge in [0.25, 0.3) is 0 Å². The highest BCUT2D eigenvalue weighted by Crippen LogP contribution is 2.30. The molecule has 1 atom stereocenters. The van der Waals surface area contributed by atoms with E-state index in [0.717, 1.165) is 32.5 Å². The monoisotopic (exact) mass is 294 g/mol. The minimum atomic E-state index is -2.83. The van der Waals surface area contributed by atoms with Crippen LogP contribution in [0.15, 0.2) is 24.3 Å². The summed E-state index contributed by atoms with van der Waals surface area (Å²) < 4.78 is 23.5. The van der Waals surface area contributed by atoms with Crippen molar-refractivity contribution in [2.75, 3.05) is 31.1 Å². The van der Waals surface area contributed by atoms with Crippen LogP contribution in [0.3, 0.4) is 0 Å². The lowest BCUT2D eigenvalue weighted by molar-refractivity contribution is 0.204. The largest absolute Gasteiger partial charge is 0.313 e. The SMILES string of the molecule is O=S1(=O)CCCN(C2CCNCc3ccccc32)CC1. The van der Waals surface area contributed by atoms with Crippen LogP contribution in [0.2, 0.25) is 0 Å². The first-order chi connectivity index (χ1) is 9.66. The highest BCUT2D eigenvalue weighted by Gasteiger charge is 2.27. The van der Waals surface area contributed by atoms with Gasteiger partial charge in [0.05, 0.1) is 11.5 Å². The minimum absolute atomic E-state index is 0.305. The molecular weight excluding hydrogens is 272 g/mol. The van der Waals surface area contributed by atoms with Crippen LogP contribution in [0.1, 0.15) is 30.0 Å². The third-order valence-corrected chi connectivity index (χ3v) is 6.07. The molecule has 110 valence electrons. The Balaban J connectivity index is 1.86. The summed E-state index contributed by atoms with van der Waals surface area (Å²) in [6.45, 7) is 3.46. The van der Waals surface area contributed by atoms with Crippen molar-refractivity contribution in [3.05, 3.63) is 35.4 Å². The van der Waals surface area contributed by atoms with Gasteiger partial charge in [-0.2, -0.15) is 0 Å². The van der Waals surface area contributed by atoms with E-state index < -0.39 is 9.84 Å². The fraction of sp³-hybridized carbons (Fsp3) is 0.600. The second-order valence-electron chi connectivity index (χ2n) is 5.72. The van der Waals surface area contributed by atoms with E-state index in [9.17, 15) is 8.42 Å². The zero-order valence-corrected chi connectivity index (χ0v) is 12.5. The lowest BCUT2D eigenvalue weighted by Crippen LogP contribution is -2.32. The minimum Gasteiger partial charge on any atom is -0.313 e. The molecule has 0 amide bonds. The topological polar surface area (TPSA) is 49.4 Å². The Kier molecular flexibility index (Phi) is 4.10. The highest BCUT2D eigenvalue weighted by molar-refractivity contribution is 7.91. The molecule has 1 fully saturated rings. The predicted molar refractivity (Wildman–Crippen MR) is 80.4 cm³/mol. The fourth-order valence-corrected chi connectivity index (χ4v) is 4.57. The molecule has 1 unspecified atom stereocenters. The molecule has 2 aliphatic rings. The number of nitrogens with zero attached hydrogens (tertiary/aromatic N) is 1. The summed E-state index contributed by atoms with van der Waals surface area (Å²) in [7, 11) is -2.83. The maximum absolute atomic E-state index is 11.8. The average molecular weight is 294 g/mol. The third-order valence-electron chi connectivity index (χ3n) is 4.36. The summed E-state index contributed by atoms with van der Waals surface area (Å²) in [5.74, 6) is 0.648. The summed E-state index contributed by atoms with van der Waals surface area (Å²) in [5.41, 5.74) is 2.72. The fourth-order valence-electron chi connectivity index (χ4n) is 3.29. The van der Waals surface area contributed by atoms with Gasteiger partial charge in [-0.25, -0.2) is 8.42 Å². The van der Waals surface area contributed by atoms with Gasteiger partial charge in [-0.1, -0.05) is 24.3 Å². The lowest BCUT2D eigenvalue weighted by Gasteiger charge is -2.30. The first kappa shape index (κ1) is 14.0. The Bertz CT molecular complexity index is 571. The Morgan fingerprint density at radius 3 is 2.90 bits per heavy atom. The number of hydrogen-bond acceptors (Lipinski definition) is 4. The molecule has 1 aromatic carbocycles. The van der Waals surface area contributed by atoms with Crippen LogP contribution in [0.5, 0.6) is 0 Å². The molecule has 0 aromatic heterocycles. The summed E-state index contributed by atoms with van der Waals surface area (Å²) in [5, 5.41) is 3.46. The van der Waals surface area contributed by atoms with Gasteiger partial charge >= 0.3 is 0 Å². The van der Waals surface area contributed by atoms with Crippen molar-refractivity contribution in [1.29, 1.82) is 0 Å². The first-order valence-corrected chi connectivity index (χ1v) is 9.21. The van der Waals surface area contributed by atoms with Crippen LogP contribution in [0.25, 0.3) is 0 Å². The molecule has 20 heavy (non-hydrogen) atoms. The zero-order chi connectivity index (χ0) is 14.0. The van der Waals surface area contributed by atoms with E-state index in [1.165, 1.54) is 11.1 Å². The van der Waals surface area contributed by atoms with Crippen molar-refractivity contribution in [3.63, 3.8) is 0 Å². The van der Waals surface area contributed by atoms with E-state index in [2.05, 4.69) is 34.5 Å². The molecule has 2 heterocycles. The normalized spacial score (nSPS) is 27.3. The van der Waals surface area contributed by atoms with E-state index in [4.69, 9.17) is 0 Å². The van der Waals surface area contributed by atoms with Crippen molar-refractivity contribution in [3.8, 4) is 0 Å². The van der Waals surface area contributed by atoms with Crippen molar-refractivity contribution in [2.45, 2.75) is 25.4 Å². The highest BCUT2D eigenvalue weighted by atomic mass is 32.2. The van der Waals surface area contributed by atoms with Gasteiger partial charge in [-0.05, 0) is 37.1 Å². The van der Waals surface area contributed by atoms with E-state index in [1.54, 1.807) is 0 Å². The quantitative estimate of drug-likeness (QED) is 0.849. The Hall–Kier alpha value is -0.910. The molecule has 3 rings (SSSR count). The summed E-state index contributed by atoms with van der Waals surface area (Å²) in [6.07, 6.45) is 1.81. The molecule has 5 heteroatoms. The van der Waals surface area contributed by atoms with Gasteiger partial charge in [-0.15, -0.1) is 0 Å². The molecule has 2 aliphatic heterocycles. The number of nitrogens with one attached hydrogen (secondary N) is 1. The van der Waals surface area contributed by atoms with Gasteiger partial charge in [-0.3, -0.25) is 4.90 Å². The Morgan fingerprint density at radius 2 is 2.00 bits per heavy atom. The lowest BCUT2D eigenvalue weighted by atomic mass is 9.98. The van der Waals surface area contributed by atoms with Crippen molar-refractivity contribution >= 4 is 9.84 Å². The molecule has 1 N–H and O–H groups in total. The third kappa shape index (κ3) is 3.05. The van der Waals surface area contributed by atoms with Gasteiger partial charge in [0.2, 0.25) is 0 Å². The van der Waals surface area contributed by atoms with Crippen molar-refractivity contribution in [2.24, 2.45) is 0 Å². The standard InChI is InChI=1S/C15H22N2O2S/c18-20(19)10-3-8-17(9-11-20)15-6-7-16-12-13-4-1-2-5-14(13)15/h1-2,4-5,15-16H,3,6-12H2. The summed E-state index contributed by atoms with van der Waals surface area (Å²) in [6, 6.07) is 8.90. The number of hydrogen-bond donors (Lipinski definition) is 1. The summed E-state index contributed by atoms with van der Waals surface area (Å²) in [4.78, 5) is 2.37. The maximum Gasteiger partial charge on any atom is 0.151 e. The van der Waals surface area contributed by atoms with Gasteiger partial charge in [0.1, 0.15) is 0 Å². The summed E-state index contributed by atoms with van der Waals surface area (Å²) >= 11 is 0. The van der Waals surface area contributed by atoms with Crippen LogP contribution in [0.4, 0.5) is 0 Å². The molecule has 0 spiro atoms. The van der Waals surface area contributed by atoms with Gasteiger partial charge in [0, 0.05) is 19.1 Å². The second kappa shape index (κ2) is 5.84. The van der Waals surface area contributed by atoms with Gasteiger partial charge in [0.15, 0.2) is 9.84 Å². The van der Waals surface area contributed by atoms with Gasteiger partial charge < -0.3 is 5.32 Å². The van der Waals surface area contributed by atoms with Crippen molar-refractivity contribution in [1.82, 2.24) is 10.2 Å². The molecule has 1 aromatic rings. The van der Waals surface area contributed by atoms with E-state index in [1.807, 2.05) is 0 Å². The number of benzene rings is 1. The van der Waals surface area contributed by atoms with Crippen LogP contribution in [-0.4, -0.2) is 44.5 Å². The molecule has 0 bridgehead atoms. The molecule has 0 saturated carbocycles. The van der Waals surface area contributed by atoms with E-state index in [0.29, 0.717) is 24.1 Å². The number of sulfone groups is 1. The molecule has 1 saturated heterocycles. The molecule has 0 radical (unpaired) electrons. The zero-order valence-electron chi connectivity index (χ0n) is 11.7. The van der Waals surface area contributed by atoms with E-state index in [-0.39, 0.29) is 0 Å². The van der Waals surface area contributed by atoms with Crippen LogP contribution in [0, 0.1) is 0 Å². The smallest absolute Gasteiger partial charge is 0.151 e. The molecular formula is C15H22N2O2S. The van der Waals surface area contributed by atoms with E-state index >= 15 is 0 Å². The first-order valence-electron chi connectivity index (χ1n) is 7.39. The van der Waals surface area contributed by atoms with Crippen LogP contribution in [-0.2, 0) is 16.4 Å². The number of rotatable bonds is 1. The molecule has 0 aliphatic carbocycles. The molecule has 4 nitrogen and oxygen atoms in total. The average Bonchev–Trinajstić information content (AvgIpc) is 2.74. The number of fused-ring (bicyclic) bond motifs is 1.